The molecule has 1 unspecified atom stereocenters. The molecule has 0 saturated carbocycles. The summed E-state index contributed by atoms with van der Waals surface area (Å²) >= 11 is 0. The molecule has 106 valence electrons. The molecule has 6 heteroatoms. The Morgan fingerprint density at radius 3 is 2.30 bits per heavy atom. The lowest BCUT2D eigenvalue weighted by Gasteiger charge is -2.29. The quantitative estimate of drug-likeness (QED) is 0.667. The number of ether oxygens (including phenoxy) is 3. The first kappa shape index (κ1) is 14.0. The molecule has 1 heterocycles. The van der Waals surface area contributed by atoms with E-state index in [0.717, 1.165) is 0 Å². The van der Waals surface area contributed by atoms with Gasteiger partial charge in [0.1, 0.15) is 0 Å². The van der Waals surface area contributed by atoms with Crippen molar-refractivity contribution in [2.24, 2.45) is 5.41 Å². The van der Waals surface area contributed by atoms with Crippen LogP contribution in [-0.2, 0) is 23.8 Å². The SMILES string of the molecule is COC(=O)C(C)(C(=O)OC)C1OC(=N)c2ccccc21. The summed E-state index contributed by atoms with van der Waals surface area (Å²) in [5.41, 5.74) is -0.519. The van der Waals surface area contributed by atoms with Crippen LogP contribution in [0.4, 0.5) is 0 Å². The van der Waals surface area contributed by atoms with Gasteiger partial charge < -0.3 is 14.2 Å². The third-order valence-electron chi connectivity index (χ3n) is 3.47. The summed E-state index contributed by atoms with van der Waals surface area (Å²) in [7, 11) is 2.38. The van der Waals surface area contributed by atoms with E-state index in [1.807, 2.05) is 0 Å². The van der Waals surface area contributed by atoms with Crippen LogP contribution in [0.5, 0.6) is 0 Å². The maximum atomic E-state index is 12.1. The van der Waals surface area contributed by atoms with Crippen molar-refractivity contribution in [3.8, 4) is 0 Å². The van der Waals surface area contributed by atoms with Crippen molar-refractivity contribution < 1.29 is 23.8 Å². The summed E-state index contributed by atoms with van der Waals surface area (Å²) < 4.78 is 14.8. The Morgan fingerprint density at radius 2 is 1.75 bits per heavy atom. The van der Waals surface area contributed by atoms with Gasteiger partial charge in [-0.05, 0) is 13.0 Å². The van der Waals surface area contributed by atoms with Crippen LogP contribution >= 0.6 is 0 Å². The molecule has 0 fully saturated rings. The van der Waals surface area contributed by atoms with Gasteiger partial charge >= 0.3 is 11.9 Å². The highest BCUT2D eigenvalue weighted by molar-refractivity contribution is 6.03. The minimum absolute atomic E-state index is 0.0790. The number of hydrogen-bond acceptors (Lipinski definition) is 6. The molecule has 1 aromatic rings. The first-order valence-corrected chi connectivity index (χ1v) is 5.98. The molecule has 0 saturated heterocycles. The van der Waals surface area contributed by atoms with E-state index in [4.69, 9.17) is 19.6 Å². The number of carbonyl (C=O) groups excluding carboxylic acids is 2. The number of methoxy groups -OCH3 is 2. The fourth-order valence-electron chi connectivity index (χ4n) is 2.33. The van der Waals surface area contributed by atoms with Crippen LogP contribution in [0, 0.1) is 10.8 Å². The number of fused-ring (bicyclic) bond motifs is 1. The van der Waals surface area contributed by atoms with Gasteiger partial charge in [-0.15, -0.1) is 0 Å². The predicted molar refractivity (Wildman–Crippen MR) is 69.2 cm³/mol. The van der Waals surface area contributed by atoms with E-state index >= 15 is 0 Å². The minimum Gasteiger partial charge on any atom is -0.468 e. The lowest BCUT2D eigenvalue weighted by molar-refractivity contribution is -0.175. The maximum Gasteiger partial charge on any atom is 0.327 e. The van der Waals surface area contributed by atoms with E-state index in [1.165, 1.54) is 21.1 Å². The van der Waals surface area contributed by atoms with E-state index < -0.39 is 23.5 Å². The smallest absolute Gasteiger partial charge is 0.327 e. The second-order valence-electron chi connectivity index (χ2n) is 4.60. The van der Waals surface area contributed by atoms with Crippen LogP contribution in [0.15, 0.2) is 24.3 Å². The Bertz CT molecular complexity index is 565. The van der Waals surface area contributed by atoms with Gasteiger partial charge in [0.2, 0.25) is 11.3 Å². The van der Waals surface area contributed by atoms with Crippen LogP contribution < -0.4 is 0 Å². The third kappa shape index (κ3) is 1.84. The van der Waals surface area contributed by atoms with Gasteiger partial charge in [-0.2, -0.15) is 0 Å². The van der Waals surface area contributed by atoms with Gasteiger partial charge in [-0.3, -0.25) is 15.0 Å². The van der Waals surface area contributed by atoms with Gasteiger partial charge in [-0.25, -0.2) is 0 Å². The summed E-state index contributed by atoms with van der Waals surface area (Å²) in [5.74, 6) is -1.61. The summed E-state index contributed by atoms with van der Waals surface area (Å²) in [5, 5.41) is 7.81. The molecule has 1 N–H and O–H groups in total. The van der Waals surface area contributed by atoms with Crippen molar-refractivity contribution in [1.29, 1.82) is 5.41 Å². The Balaban J connectivity index is 2.55. The van der Waals surface area contributed by atoms with Crippen molar-refractivity contribution >= 4 is 17.8 Å². The summed E-state index contributed by atoms with van der Waals surface area (Å²) in [6.45, 7) is 1.39. The number of esters is 2. The molecule has 0 amide bonds. The first-order chi connectivity index (χ1) is 9.46. The van der Waals surface area contributed by atoms with Crippen molar-refractivity contribution in [1.82, 2.24) is 0 Å². The lowest BCUT2D eigenvalue weighted by Crippen LogP contribution is -2.43. The highest BCUT2D eigenvalue weighted by atomic mass is 16.6. The first-order valence-electron chi connectivity index (χ1n) is 5.98. The van der Waals surface area contributed by atoms with Gasteiger partial charge in [0.15, 0.2) is 6.10 Å². The minimum atomic E-state index is -1.66. The van der Waals surface area contributed by atoms with Crippen LogP contribution in [0.3, 0.4) is 0 Å². The molecule has 1 atom stereocenters. The second-order valence-corrected chi connectivity index (χ2v) is 4.60. The molecular weight excluding hydrogens is 262 g/mol. The van der Waals surface area contributed by atoms with Crippen LogP contribution in [-0.4, -0.2) is 32.1 Å². The number of benzene rings is 1. The highest BCUT2D eigenvalue weighted by Gasteiger charge is 2.55. The van der Waals surface area contributed by atoms with Crippen LogP contribution in [0.1, 0.15) is 24.2 Å². The molecule has 1 aliphatic heterocycles. The average Bonchev–Trinajstić information content (AvgIpc) is 2.82. The lowest BCUT2D eigenvalue weighted by atomic mass is 9.80. The summed E-state index contributed by atoms with van der Waals surface area (Å²) in [4.78, 5) is 24.1. The molecule has 1 aliphatic rings. The van der Waals surface area contributed by atoms with Crippen LogP contribution in [0.2, 0.25) is 0 Å². The van der Waals surface area contributed by atoms with Crippen molar-refractivity contribution in [3.63, 3.8) is 0 Å². The zero-order valence-corrected chi connectivity index (χ0v) is 11.4. The standard InChI is InChI=1S/C14H15NO5/c1-14(12(16)18-2,13(17)19-3)10-8-6-4-5-7-9(8)11(15)20-10/h4-7,10,15H,1-3H3. The molecule has 2 rings (SSSR count). The van der Waals surface area contributed by atoms with Crippen molar-refractivity contribution in [2.45, 2.75) is 13.0 Å². The maximum absolute atomic E-state index is 12.1. The van der Waals surface area contributed by atoms with Gasteiger partial charge in [0.05, 0.1) is 14.2 Å². The predicted octanol–water partition coefficient (Wildman–Crippen LogP) is 1.44. The average molecular weight is 277 g/mol. The van der Waals surface area contributed by atoms with Crippen molar-refractivity contribution in [3.05, 3.63) is 35.4 Å². The summed E-state index contributed by atoms with van der Waals surface area (Å²) in [6.07, 6.45) is -0.939. The number of carbonyl (C=O) groups is 2. The molecule has 6 nitrogen and oxygen atoms in total. The number of nitrogens with one attached hydrogen (secondary N) is 1. The number of hydrogen-bond donors (Lipinski definition) is 1. The van der Waals surface area contributed by atoms with Gasteiger partial charge in [0.25, 0.3) is 0 Å². The Hall–Kier alpha value is -2.37. The van der Waals surface area contributed by atoms with E-state index in [0.29, 0.717) is 11.1 Å². The molecule has 0 spiro atoms. The van der Waals surface area contributed by atoms with Crippen LogP contribution in [0.25, 0.3) is 0 Å². The molecule has 1 aromatic carbocycles. The number of rotatable bonds is 3. The zero-order chi connectivity index (χ0) is 14.9. The second kappa shape index (κ2) is 4.96. The highest BCUT2D eigenvalue weighted by Crippen LogP contribution is 2.44. The fourth-order valence-corrected chi connectivity index (χ4v) is 2.33. The Morgan fingerprint density at radius 1 is 1.20 bits per heavy atom. The topological polar surface area (TPSA) is 85.7 Å². The molecule has 0 radical (unpaired) electrons. The molecular formula is C14H15NO5. The monoisotopic (exact) mass is 277 g/mol. The fraction of sp³-hybridized carbons (Fsp3) is 0.357. The largest absolute Gasteiger partial charge is 0.468 e. The molecule has 20 heavy (non-hydrogen) atoms. The van der Waals surface area contributed by atoms with E-state index in [2.05, 4.69) is 0 Å². The molecule has 0 bridgehead atoms. The Labute approximate surface area is 116 Å². The van der Waals surface area contributed by atoms with Gasteiger partial charge in [0, 0.05) is 11.1 Å². The molecule has 0 aromatic heterocycles. The Kier molecular flexibility index (Phi) is 3.48. The van der Waals surface area contributed by atoms with Gasteiger partial charge in [-0.1, -0.05) is 18.2 Å². The normalized spacial score (nSPS) is 17.1. The molecule has 0 aliphatic carbocycles. The van der Waals surface area contributed by atoms with E-state index in [9.17, 15) is 9.59 Å². The van der Waals surface area contributed by atoms with Crippen molar-refractivity contribution in [2.75, 3.05) is 14.2 Å². The summed E-state index contributed by atoms with van der Waals surface area (Å²) in [6, 6.07) is 6.92. The third-order valence-corrected chi connectivity index (χ3v) is 3.47. The van der Waals surface area contributed by atoms with E-state index in [1.54, 1.807) is 24.3 Å². The zero-order valence-electron chi connectivity index (χ0n) is 11.4. The van der Waals surface area contributed by atoms with E-state index in [-0.39, 0.29) is 5.90 Å².